The Morgan fingerprint density at radius 3 is 2.17 bits per heavy atom. The van der Waals surface area contributed by atoms with Crippen LogP contribution in [0, 0.1) is 5.92 Å². The number of ether oxygens (including phenoxy) is 3. The number of hydrogen-bond donors (Lipinski definition) is 2. The van der Waals surface area contributed by atoms with Gasteiger partial charge in [0.25, 0.3) is 5.91 Å². The Labute approximate surface area is 178 Å². The van der Waals surface area contributed by atoms with Gasteiger partial charge in [0, 0.05) is 57.4 Å². The van der Waals surface area contributed by atoms with E-state index < -0.39 is 0 Å². The minimum Gasteiger partial charge on any atom is -0.497 e. The monoisotopic (exact) mass is 429 g/mol. The fraction of sp³-hybridized carbons (Fsp3) is 0.600. The minimum absolute atomic E-state index is 0. The highest BCUT2D eigenvalue weighted by molar-refractivity contribution is 5.95. The maximum atomic E-state index is 12.8. The van der Waals surface area contributed by atoms with Gasteiger partial charge in [0.15, 0.2) is 0 Å². The lowest BCUT2D eigenvalue weighted by atomic mass is 9.95. The summed E-state index contributed by atoms with van der Waals surface area (Å²) in [6, 6.07) is 5.15. The van der Waals surface area contributed by atoms with E-state index in [0.29, 0.717) is 62.7 Å². The second-order valence-corrected chi connectivity index (χ2v) is 6.70. The number of benzene rings is 1. The fourth-order valence-electron chi connectivity index (χ4n) is 3.18. The van der Waals surface area contributed by atoms with Crippen LogP contribution in [0.2, 0.25) is 0 Å². The van der Waals surface area contributed by atoms with Gasteiger partial charge >= 0.3 is 0 Å². The molecule has 1 aromatic carbocycles. The van der Waals surface area contributed by atoms with Gasteiger partial charge in [-0.05, 0) is 25.0 Å². The number of nitrogens with one attached hydrogen (secondary N) is 2. The van der Waals surface area contributed by atoms with Gasteiger partial charge in [0.2, 0.25) is 5.91 Å². The molecule has 0 spiro atoms. The number of carbonyl (C=O) groups excluding carboxylic acids is 2. The molecule has 1 aliphatic heterocycles. The Kier molecular flexibility index (Phi) is 11.4. The van der Waals surface area contributed by atoms with Gasteiger partial charge in [-0.25, -0.2) is 0 Å². The molecular formula is C20H32ClN3O5. The van der Waals surface area contributed by atoms with E-state index in [0.717, 1.165) is 6.54 Å². The van der Waals surface area contributed by atoms with E-state index in [-0.39, 0.29) is 30.1 Å². The van der Waals surface area contributed by atoms with E-state index in [1.54, 1.807) is 44.4 Å². The van der Waals surface area contributed by atoms with E-state index in [2.05, 4.69) is 10.6 Å². The highest BCUT2D eigenvalue weighted by atomic mass is 35.5. The molecule has 8 nitrogen and oxygen atoms in total. The molecule has 2 amide bonds. The van der Waals surface area contributed by atoms with Crippen molar-refractivity contribution in [2.45, 2.75) is 12.8 Å². The lowest BCUT2D eigenvalue weighted by Gasteiger charge is -2.31. The summed E-state index contributed by atoms with van der Waals surface area (Å²) in [7, 11) is 4.77. The first kappa shape index (κ1) is 25.0. The number of amides is 2. The van der Waals surface area contributed by atoms with Crippen LogP contribution in [0.15, 0.2) is 18.2 Å². The van der Waals surface area contributed by atoms with Crippen molar-refractivity contribution in [1.29, 1.82) is 0 Å². The Balaban J connectivity index is 0.00000420. The number of carbonyl (C=O) groups is 2. The van der Waals surface area contributed by atoms with Crippen LogP contribution < -0.4 is 20.1 Å². The molecule has 0 aromatic heterocycles. The van der Waals surface area contributed by atoms with Crippen molar-refractivity contribution < 1.29 is 23.8 Å². The molecule has 1 aliphatic rings. The molecule has 1 aromatic rings. The van der Waals surface area contributed by atoms with E-state index >= 15 is 0 Å². The van der Waals surface area contributed by atoms with Crippen molar-refractivity contribution in [2.75, 3.05) is 60.7 Å². The molecular weight excluding hydrogens is 398 g/mol. The number of likely N-dealkylation sites (tertiary alicyclic amines) is 1. The summed E-state index contributed by atoms with van der Waals surface area (Å²) in [4.78, 5) is 26.9. The summed E-state index contributed by atoms with van der Waals surface area (Å²) >= 11 is 0. The molecule has 2 N–H and O–H groups in total. The fourth-order valence-corrected chi connectivity index (χ4v) is 3.18. The zero-order chi connectivity index (χ0) is 20.4. The quantitative estimate of drug-likeness (QED) is 0.545. The zero-order valence-corrected chi connectivity index (χ0v) is 18.2. The summed E-state index contributed by atoms with van der Waals surface area (Å²) in [6.45, 7) is 3.84. The van der Waals surface area contributed by atoms with E-state index in [1.165, 1.54) is 0 Å². The SMILES string of the molecule is COCCNCCNC(=O)C1CCN(C(=O)c2cc(OC)cc(OC)c2)CC1.Cl. The number of hydrogen-bond acceptors (Lipinski definition) is 6. The third-order valence-corrected chi connectivity index (χ3v) is 4.84. The Hall–Kier alpha value is -2.03. The van der Waals surface area contributed by atoms with Crippen LogP contribution in [-0.4, -0.2) is 77.4 Å². The topological polar surface area (TPSA) is 89.1 Å². The van der Waals surface area contributed by atoms with Crippen LogP contribution in [0.1, 0.15) is 23.2 Å². The van der Waals surface area contributed by atoms with Crippen molar-refractivity contribution in [2.24, 2.45) is 5.92 Å². The number of piperidine rings is 1. The lowest BCUT2D eigenvalue weighted by molar-refractivity contribution is -0.126. The van der Waals surface area contributed by atoms with Crippen molar-refractivity contribution >= 4 is 24.2 Å². The van der Waals surface area contributed by atoms with Crippen LogP contribution in [0.4, 0.5) is 0 Å². The van der Waals surface area contributed by atoms with Gasteiger partial charge in [-0.2, -0.15) is 0 Å². The van der Waals surface area contributed by atoms with E-state index in [4.69, 9.17) is 14.2 Å². The third-order valence-electron chi connectivity index (χ3n) is 4.84. The van der Waals surface area contributed by atoms with Crippen LogP contribution in [0.25, 0.3) is 0 Å². The molecule has 1 heterocycles. The molecule has 1 saturated heterocycles. The van der Waals surface area contributed by atoms with Crippen LogP contribution in [0.5, 0.6) is 11.5 Å². The molecule has 9 heteroatoms. The highest BCUT2D eigenvalue weighted by Gasteiger charge is 2.28. The first-order valence-electron chi connectivity index (χ1n) is 9.58. The second kappa shape index (κ2) is 13.2. The molecule has 0 unspecified atom stereocenters. The predicted octanol–water partition coefficient (Wildman–Crippen LogP) is 1.33. The Bertz CT molecular complexity index is 629. The van der Waals surface area contributed by atoms with Gasteiger partial charge < -0.3 is 29.7 Å². The zero-order valence-electron chi connectivity index (χ0n) is 17.4. The molecule has 0 radical (unpaired) electrons. The molecule has 164 valence electrons. The van der Waals surface area contributed by atoms with Crippen molar-refractivity contribution in [1.82, 2.24) is 15.5 Å². The van der Waals surface area contributed by atoms with E-state index in [9.17, 15) is 9.59 Å². The minimum atomic E-state index is -0.0709. The average molecular weight is 430 g/mol. The van der Waals surface area contributed by atoms with Gasteiger partial charge in [-0.3, -0.25) is 9.59 Å². The van der Waals surface area contributed by atoms with Crippen LogP contribution in [0.3, 0.4) is 0 Å². The summed E-state index contributed by atoms with van der Waals surface area (Å²) in [5, 5.41) is 6.15. The number of methoxy groups -OCH3 is 3. The Morgan fingerprint density at radius 1 is 1.00 bits per heavy atom. The normalized spacial score (nSPS) is 14.1. The molecule has 0 aliphatic carbocycles. The highest BCUT2D eigenvalue weighted by Crippen LogP contribution is 2.25. The first-order chi connectivity index (χ1) is 13.6. The first-order valence-corrected chi connectivity index (χ1v) is 9.58. The van der Waals surface area contributed by atoms with Crippen LogP contribution in [-0.2, 0) is 9.53 Å². The molecule has 1 fully saturated rings. The maximum Gasteiger partial charge on any atom is 0.254 e. The number of halogens is 1. The second-order valence-electron chi connectivity index (χ2n) is 6.70. The van der Waals surface area contributed by atoms with Gasteiger partial charge in [-0.1, -0.05) is 0 Å². The van der Waals surface area contributed by atoms with Gasteiger partial charge in [0.05, 0.1) is 20.8 Å². The summed E-state index contributed by atoms with van der Waals surface area (Å²) in [6.07, 6.45) is 1.32. The summed E-state index contributed by atoms with van der Waals surface area (Å²) < 4.78 is 15.4. The number of nitrogens with zero attached hydrogens (tertiary/aromatic N) is 1. The summed E-state index contributed by atoms with van der Waals surface area (Å²) in [5.74, 6) is 1.09. The molecule has 0 bridgehead atoms. The van der Waals surface area contributed by atoms with Crippen LogP contribution >= 0.6 is 12.4 Å². The number of rotatable bonds is 10. The van der Waals surface area contributed by atoms with E-state index in [1.807, 2.05) is 0 Å². The maximum absolute atomic E-state index is 12.8. The van der Waals surface area contributed by atoms with Gasteiger partial charge in [0.1, 0.15) is 11.5 Å². The third kappa shape index (κ3) is 7.72. The lowest BCUT2D eigenvalue weighted by Crippen LogP contribution is -2.44. The van der Waals surface area contributed by atoms with Crippen molar-refractivity contribution in [3.8, 4) is 11.5 Å². The molecule has 29 heavy (non-hydrogen) atoms. The average Bonchev–Trinajstić information content (AvgIpc) is 2.75. The summed E-state index contributed by atoms with van der Waals surface area (Å²) in [5.41, 5.74) is 0.529. The predicted molar refractivity (Wildman–Crippen MR) is 113 cm³/mol. The molecule has 0 atom stereocenters. The Morgan fingerprint density at radius 2 is 1.62 bits per heavy atom. The largest absolute Gasteiger partial charge is 0.497 e. The van der Waals surface area contributed by atoms with Gasteiger partial charge in [-0.15, -0.1) is 12.4 Å². The molecule has 2 rings (SSSR count). The molecule has 0 saturated carbocycles. The standard InChI is InChI=1S/C20H31N3O5.ClH/c1-26-11-8-21-6-7-22-19(24)15-4-9-23(10-5-15)20(25)16-12-17(27-2)14-18(13-16)28-3;/h12-15,21H,4-11H2,1-3H3,(H,22,24);1H. The smallest absolute Gasteiger partial charge is 0.254 e. The van der Waals surface area contributed by atoms with Crippen molar-refractivity contribution in [3.05, 3.63) is 23.8 Å². The van der Waals surface area contributed by atoms with Crippen molar-refractivity contribution in [3.63, 3.8) is 0 Å².